The molecule has 59 heavy (non-hydrogen) atoms. The number of likely N-dealkylation sites (tertiary alicyclic amines) is 1. The molecule has 5 heterocycles. The van der Waals surface area contributed by atoms with Gasteiger partial charge in [-0.2, -0.15) is 0 Å². The summed E-state index contributed by atoms with van der Waals surface area (Å²) in [4.78, 5) is 48.0. The number of carbonyl (C=O) groups excluding carboxylic acids is 1. The second kappa shape index (κ2) is 15.3. The van der Waals surface area contributed by atoms with Gasteiger partial charge in [0.1, 0.15) is 5.52 Å². The number of carboxylic acid groups (broad SMARTS) is 1. The van der Waals surface area contributed by atoms with Gasteiger partial charge in [0.15, 0.2) is 17.5 Å². The average Bonchev–Trinajstić information content (AvgIpc) is 3.89. The topological polar surface area (TPSA) is 150 Å². The highest BCUT2D eigenvalue weighted by atomic mass is 35.5. The normalized spacial score (nSPS) is 21.9. The molecule has 0 atom stereocenters. The van der Waals surface area contributed by atoms with Crippen molar-refractivity contribution in [2.75, 3.05) is 31.5 Å². The first-order valence-corrected chi connectivity index (χ1v) is 20.7. The van der Waals surface area contributed by atoms with Crippen LogP contribution in [0.1, 0.15) is 89.5 Å². The zero-order valence-corrected chi connectivity index (χ0v) is 33.9. The molecular weight excluding hydrogens is 778 g/mol. The molecule has 1 saturated heterocycles. The number of aliphatic hydroxyl groups excluding tert-OH is 1. The van der Waals surface area contributed by atoms with Gasteiger partial charge in [0, 0.05) is 75.8 Å². The number of aliphatic hydroxyl groups is 1. The lowest BCUT2D eigenvalue weighted by Crippen LogP contribution is -2.49. The number of hydrogen-bond acceptors (Lipinski definition) is 10. The number of aromatic nitrogens is 5. The minimum atomic E-state index is -2.89. The number of imidazole rings is 1. The summed E-state index contributed by atoms with van der Waals surface area (Å²) in [6, 6.07) is 12.9. The van der Waals surface area contributed by atoms with Gasteiger partial charge in [-0.1, -0.05) is 41.9 Å². The van der Waals surface area contributed by atoms with Crippen LogP contribution in [0, 0.1) is 17.8 Å². The standard InChI is InChI=1S/C44H47ClF2N8O4/c1-25-29(6-4-8-31(25)49-39-37-32(50-40(52-39)38(46)47)17-26(19-48-37)20-55-21-28(56)22-55)30-7-3-5-27(36(30)45)18-35(57)41-51-33-23-54(15-9-34(33)53(41)2)16-14-43-10-12-44(24-43,13-11-43)42(58)59/h3-8,17,19,28,38,56H,9-16,18,20-24H2,1-2H3,(H,58,59)(H,49,50,52). The SMILES string of the molecule is Cc1c(Nc2nc(C(F)F)nc3cc(CN4CC(O)C4)cnc23)cccc1-c1cccc(CC(=O)c2nc3c(n2C)CCN(CCC24CCC(C(=O)O)(CC2)C4)C3)c1Cl. The van der Waals surface area contributed by atoms with Crippen molar-refractivity contribution in [2.45, 2.75) is 83.9 Å². The highest BCUT2D eigenvalue weighted by molar-refractivity contribution is 6.34. The number of fused-ring (bicyclic) bond motifs is 4. The van der Waals surface area contributed by atoms with Crippen LogP contribution in [-0.2, 0) is 37.8 Å². The molecule has 2 aromatic carbocycles. The predicted molar refractivity (Wildman–Crippen MR) is 219 cm³/mol. The summed E-state index contributed by atoms with van der Waals surface area (Å²) < 4.78 is 30.0. The predicted octanol–water partition coefficient (Wildman–Crippen LogP) is 7.45. The van der Waals surface area contributed by atoms with Crippen LogP contribution in [0.25, 0.3) is 22.2 Å². The summed E-state index contributed by atoms with van der Waals surface area (Å²) in [5.74, 6) is -0.827. The van der Waals surface area contributed by atoms with E-state index in [-0.39, 0.29) is 29.5 Å². The van der Waals surface area contributed by atoms with Gasteiger partial charge in [-0.15, -0.1) is 0 Å². The van der Waals surface area contributed by atoms with Crippen molar-refractivity contribution in [1.82, 2.24) is 34.3 Å². The van der Waals surface area contributed by atoms with E-state index >= 15 is 0 Å². The first-order chi connectivity index (χ1) is 28.3. The van der Waals surface area contributed by atoms with E-state index in [0.29, 0.717) is 59.3 Å². The Morgan fingerprint density at radius 1 is 1.03 bits per heavy atom. The second-order valence-electron chi connectivity index (χ2n) is 17.2. The molecule has 9 rings (SSSR count). The smallest absolute Gasteiger partial charge is 0.309 e. The van der Waals surface area contributed by atoms with Crippen LogP contribution in [0.15, 0.2) is 48.7 Å². The second-order valence-corrected chi connectivity index (χ2v) is 17.6. The monoisotopic (exact) mass is 824 g/mol. The van der Waals surface area contributed by atoms with Crippen molar-refractivity contribution in [2.24, 2.45) is 17.9 Å². The molecule has 15 heteroatoms. The van der Waals surface area contributed by atoms with Crippen LogP contribution in [0.4, 0.5) is 20.3 Å². The first-order valence-electron chi connectivity index (χ1n) is 20.3. The number of carboxylic acids is 1. The third-order valence-electron chi connectivity index (χ3n) is 13.4. The molecule has 0 amide bonds. The maximum absolute atomic E-state index is 14.0. The fourth-order valence-corrected chi connectivity index (χ4v) is 10.3. The van der Waals surface area contributed by atoms with E-state index in [0.717, 1.165) is 91.7 Å². The molecule has 308 valence electrons. The van der Waals surface area contributed by atoms with E-state index in [1.165, 1.54) is 0 Å². The Hall–Kier alpha value is -4.89. The fraction of sp³-hybridized carbons (Fsp3) is 0.455. The molecule has 4 aliphatic rings. The number of ketones is 1. The van der Waals surface area contributed by atoms with Gasteiger partial charge in [-0.25, -0.2) is 23.7 Å². The number of halogens is 3. The molecule has 3 N–H and O–H groups in total. The Morgan fingerprint density at radius 2 is 1.80 bits per heavy atom. The van der Waals surface area contributed by atoms with Crippen molar-refractivity contribution in [3.05, 3.63) is 93.4 Å². The average molecular weight is 825 g/mol. The molecule has 0 radical (unpaired) electrons. The number of hydrogen-bond donors (Lipinski definition) is 3. The van der Waals surface area contributed by atoms with Crippen LogP contribution >= 0.6 is 11.6 Å². The molecule has 2 aliphatic carbocycles. The van der Waals surface area contributed by atoms with Crippen LogP contribution < -0.4 is 5.32 Å². The number of β-amino-alcohol motifs (C(OH)–C–C–N with tert-alkyl or cyclic N) is 1. The van der Waals surface area contributed by atoms with E-state index in [9.17, 15) is 28.6 Å². The third kappa shape index (κ3) is 7.38. The molecule has 2 bridgehead atoms. The lowest BCUT2D eigenvalue weighted by Gasteiger charge is -2.35. The Labute approximate surface area is 345 Å². The van der Waals surface area contributed by atoms with Gasteiger partial charge < -0.3 is 20.1 Å². The maximum atomic E-state index is 14.0. The third-order valence-corrected chi connectivity index (χ3v) is 13.9. The van der Waals surface area contributed by atoms with Gasteiger partial charge in [-0.3, -0.25) is 24.4 Å². The molecule has 5 aromatic rings. The molecule has 12 nitrogen and oxygen atoms in total. The number of nitrogens with zero attached hydrogens (tertiary/aromatic N) is 7. The summed E-state index contributed by atoms with van der Waals surface area (Å²) in [6.45, 7) is 5.93. The van der Waals surface area contributed by atoms with Gasteiger partial charge in [0.25, 0.3) is 6.43 Å². The number of anilines is 2. The first kappa shape index (κ1) is 39.6. The molecule has 3 fully saturated rings. The molecular formula is C44H47ClF2N8O4. The zero-order chi connectivity index (χ0) is 41.2. The summed E-state index contributed by atoms with van der Waals surface area (Å²) in [5, 5.41) is 23.2. The molecule has 2 aliphatic heterocycles. The van der Waals surface area contributed by atoms with Crippen LogP contribution in [0.2, 0.25) is 5.02 Å². The van der Waals surface area contributed by atoms with E-state index in [4.69, 9.17) is 16.6 Å². The quantitative estimate of drug-likeness (QED) is 0.102. The minimum absolute atomic E-state index is 0.0558. The molecule has 0 unspecified atom stereocenters. The Balaban J connectivity index is 0.907. The lowest BCUT2D eigenvalue weighted by molar-refractivity contribution is -0.148. The molecule has 0 spiro atoms. The zero-order valence-electron chi connectivity index (χ0n) is 33.1. The summed E-state index contributed by atoms with van der Waals surface area (Å²) in [6.07, 6.45) is 4.60. The highest BCUT2D eigenvalue weighted by Gasteiger charge is 2.57. The number of carbonyl (C=O) groups is 2. The maximum Gasteiger partial charge on any atom is 0.309 e. The molecule has 2 saturated carbocycles. The van der Waals surface area contributed by atoms with Crippen LogP contribution in [0.5, 0.6) is 0 Å². The summed E-state index contributed by atoms with van der Waals surface area (Å²) in [7, 11) is 1.90. The lowest BCUT2D eigenvalue weighted by atomic mass is 9.80. The van der Waals surface area contributed by atoms with Crippen molar-refractivity contribution >= 4 is 45.9 Å². The van der Waals surface area contributed by atoms with Crippen molar-refractivity contribution in [1.29, 1.82) is 0 Å². The van der Waals surface area contributed by atoms with E-state index in [1.54, 1.807) is 12.3 Å². The number of Topliss-reactive ketones (excluding diaryl/α,β-unsaturated/α-hetero) is 1. The van der Waals surface area contributed by atoms with Gasteiger partial charge in [0.2, 0.25) is 5.78 Å². The number of pyridine rings is 1. The van der Waals surface area contributed by atoms with Crippen LogP contribution in [0.3, 0.4) is 0 Å². The van der Waals surface area contributed by atoms with Crippen molar-refractivity contribution in [3.8, 4) is 11.1 Å². The summed E-state index contributed by atoms with van der Waals surface area (Å²) in [5.41, 5.74) is 6.61. The van der Waals surface area contributed by atoms with E-state index in [2.05, 4.69) is 25.2 Å². The Kier molecular flexibility index (Phi) is 10.3. The largest absolute Gasteiger partial charge is 0.481 e. The van der Waals surface area contributed by atoms with Gasteiger partial charge >= 0.3 is 5.97 Å². The Bertz CT molecular complexity index is 2480. The number of aliphatic carboxylic acids is 1. The van der Waals surface area contributed by atoms with E-state index in [1.807, 2.05) is 59.8 Å². The van der Waals surface area contributed by atoms with E-state index < -0.39 is 23.6 Å². The number of benzene rings is 2. The number of alkyl halides is 2. The van der Waals surface area contributed by atoms with Gasteiger partial charge in [-0.05, 0) is 91.8 Å². The number of nitrogens with one attached hydrogen (secondary N) is 1. The number of rotatable bonds is 13. The summed E-state index contributed by atoms with van der Waals surface area (Å²) >= 11 is 7.10. The minimum Gasteiger partial charge on any atom is -0.481 e. The van der Waals surface area contributed by atoms with Crippen molar-refractivity contribution in [3.63, 3.8) is 0 Å². The van der Waals surface area contributed by atoms with Crippen molar-refractivity contribution < 1.29 is 28.6 Å². The van der Waals surface area contributed by atoms with Gasteiger partial charge in [0.05, 0.1) is 27.8 Å². The fourth-order valence-electron chi connectivity index (χ4n) is 10.0. The highest BCUT2D eigenvalue weighted by Crippen LogP contribution is 2.63. The Morgan fingerprint density at radius 3 is 2.53 bits per heavy atom. The van der Waals surface area contributed by atoms with Crippen LogP contribution in [-0.4, -0.2) is 88.6 Å². The molecule has 3 aromatic heterocycles.